The predicted molar refractivity (Wildman–Crippen MR) is 366 cm³/mol. The third kappa shape index (κ3) is 17.8. The lowest BCUT2D eigenvalue weighted by Crippen LogP contribution is -2.18. The molecule has 0 spiro atoms. The quantitative estimate of drug-likeness (QED) is 0.0215. The van der Waals surface area contributed by atoms with Gasteiger partial charge < -0.3 is 51.1 Å². The van der Waals surface area contributed by atoms with Gasteiger partial charge in [-0.05, 0) is 300 Å². The molecule has 10 aromatic rings. The van der Waals surface area contributed by atoms with Crippen molar-refractivity contribution in [2.45, 2.75) is 137 Å². The summed E-state index contributed by atoms with van der Waals surface area (Å²) in [6, 6.07) is 75.2. The molecule has 10 N–H and O–H groups in total. The topological polar surface area (TPSA) is 202 Å². The highest BCUT2D eigenvalue weighted by Gasteiger charge is 2.33. The maximum atomic E-state index is 10.9. The molecule has 474 valence electrons. The van der Waals surface area contributed by atoms with Crippen molar-refractivity contribution in [1.29, 1.82) is 0 Å². The second-order valence-electron chi connectivity index (χ2n) is 25.6. The zero-order valence-electron chi connectivity index (χ0n) is 52.4. The van der Waals surface area contributed by atoms with E-state index in [-0.39, 0.29) is 117 Å². The van der Waals surface area contributed by atoms with Gasteiger partial charge in [-0.3, -0.25) is 0 Å². The fourth-order valence-corrected chi connectivity index (χ4v) is 14.3. The molecular formula is C82H86O10. The molecule has 0 amide bonds. The SMILES string of the molecule is CCC(CC(CC(CC(CC(CC(CC(CC(CC(CC(C)c1ccc(O)cc1)c1ccc(O)cc1)c1ccc(O)cc1)c1ccc(O)cc1)c1ccc(O)cc1)c1ccc(O)cc1)c1ccc(O)cc1)c1ccc(O)cc1)c1ccc(O)cc1)c1ccc(O)cc1. The highest BCUT2D eigenvalue weighted by molar-refractivity contribution is 5.40. The Bertz CT molecular complexity index is 3840. The van der Waals surface area contributed by atoms with E-state index in [4.69, 9.17) is 0 Å². The van der Waals surface area contributed by atoms with E-state index in [2.05, 4.69) is 13.8 Å². The molecule has 0 aliphatic rings. The summed E-state index contributed by atoms with van der Waals surface area (Å²) in [6.07, 6.45) is 7.17. The highest BCUT2D eigenvalue weighted by atomic mass is 16.3. The second kappa shape index (κ2) is 30.8. The summed E-state index contributed by atoms with van der Waals surface area (Å²) < 4.78 is 0. The van der Waals surface area contributed by atoms with Gasteiger partial charge in [0.2, 0.25) is 0 Å². The van der Waals surface area contributed by atoms with Crippen LogP contribution in [0.15, 0.2) is 243 Å². The van der Waals surface area contributed by atoms with Crippen molar-refractivity contribution in [2.75, 3.05) is 0 Å². The molecule has 10 unspecified atom stereocenters. The zero-order chi connectivity index (χ0) is 64.7. The molecule has 0 saturated carbocycles. The standard InChI is InChI=1S/C82H86O10/c1-3-54(56-6-26-74(84)27-7-56)45-66(58-10-30-76(86)31-11-58)47-68(60-14-34-78(88)35-15-60)49-70(62-18-38-80(90)39-19-62)51-72(64-22-42-82(92)43-23-64)52-71(63-20-40-81(91)41-21-63)50-69(61-16-36-79(89)37-17-61)48-67(59-12-32-77(87)33-13-59)46-65(57-8-28-75(85)29-9-57)44-53(2)55-4-24-73(83)25-5-55/h4-43,53-54,65-72,83-92H,3,44-52H2,1-2H3. The molecular weight excluding hydrogens is 1140 g/mol. The molecule has 0 aromatic heterocycles. The van der Waals surface area contributed by atoms with Crippen LogP contribution in [0.25, 0.3) is 0 Å². The van der Waals surface area contributed by atoms with Crippen LogP contribution in [0, 0.1) is 0 Å². The molecule has 0 heterocycles. The lowest BCUT2D eigenvalue weighted by Gasteiger charge is -2.34. The Morgan fingerprint density at radius 3 is 0.446 bits per heavy atom. The van der Waals surface area contributed by atoms with Crippen LogP contribution in [0.2, 0.25) is 0 Å². The summed E-state index contributed by atoms with van der Waals surface area (Å²) in [5.41, 5.74) is 10.7. The Morgan fingerprint density at radius 1 is 0.174 bits per heavy atom. The average Bonchev–Trinajstić information content (AvgIpc) is 1.13. The van der Waals surface area contributed by atoms with Crippen molar-refractivity contribution in [3.63, 3.8) is 0 Å². The lowest BCUT2D eigenvalue weighted by atomic mass is 9.70. The minimum Gasteiger partial charge on any atom is -0.508 e. The number of hydrogen-bond acceptors (Lipinski definition) is 10. The van der Waals surface area contributed by atoms with Gasteiger partial charge in [0.15, 0.2) is 0 Å². The van der Waals surface area contributed by atoms with E-state index in [0.717, 1.165) is 81.3 Å². The van der Waals surface area contributed by atoms with Crippen molar-refractivity contribution < 1.29 is 51.1 Å². The first-order valence-electron chi connectivity index (χ1n) is 32.4. The van der Waals surface area contributed by atoms with E-state index in [1.165, 1.54) is 0 Å². The molecule has 10 nitrogen and oxygen atoms in total. The normalized spacial score (nSPS) is 14.8. The predicted octanol–water partition coefficient (Wildman–Crippen LogP) is 19.8. The monoisotopic (exact) mass is 1230 g/mol. The van der Waals surface area contributed by atoms with Gasteiger partial charge in [0.1, 0.15) is 57.5 Å². The zero-order valence-corrected chi connectivity index (χ0v) is 52.4. The van der Waals surface area contributed by atoms with Crippen LogP contribution in [-0.2, 0) is 0 Å². The van der Waals surface area contributed by atoms with E-state index in [1.54, 1.807) is 121 Å². The summed E-state index contributed by atoms with van der Waals surface area (Å²) in [7, 11) is 0. The number of phenols is 10. The van der Waals surface area contributed by atoms with Gasteiger partial charge in [-0.2, -0.15) is 0 Å². The Morgan fingerprint density at radius 2 is 0.293 bits per heavy atom. The molecule has 0 fully saturated rings. The van der Waals surface area contributed by atoms with Gasteiger partial charge >= 0.3 is 0 Å². The molecule has 92 heavy (non-hydrogen) atoms. The summed E-state index contributed by atoms with van der Waals surface area (Å²) in [4.78, 5) is 0. The van der Waals surface area contributed by atoms with E-state index in [1.807, 2.05) is 121 Å². The van der Waals surface area contributed by atoms with Crippen LogP contribution in [0.3, 0.4) is 0 Å². The third-order valence-corrected chi connectivity index (χ3v) is 19.4. The van der Waals surface area contributed by atoms with Crippen LogP contribution in [-0.4, -0.2) is 51.1 Å². The van der Waals surface area contributed by atoms with Gasteiger partial charge in [-0.25, -0.2) is 0 Å². The molecule has 10 rings (SSSR count). The molecule has 0 aliphatic carbocycles. The number of hydrogen-bond donors (Lipinski definition) is 10. The number of phenolic OH excluding ortho intramolecular Hbond substituents is 10. The minimum atomic E-state index is -0.130. The first-order chi connectivity index (χ1) is 44.5. The summed E-state index contributed by atoms with van der Waals surface area (Å²) in [5, 5.41) is 107. The summed E-state index contributed by atoms with van der Waals surface area (Å²) in [6.45, 7) is 4.40. The van der Waals surface area contributed by atoms with Crippen LogP contribution < -0.4 is 0 Å². The molecule has 10 aromatic carbocycles. The average molecular weight is 1230 g/mol. The fraction of sp³-hybridized carbons (Fsp3) is 0.268. The van der Waals surface area contributed by atoms with Crippen molar-refractivity contribution in [3.05, 3.63) is 298 Å². The lowest BCUT2D eigenvalue weighted by molar-refractivity contribution is 0.368. The van der Waals surface area contributed by atoms with E-state index >= 15 is 0 Å². The number of aromatic hydroxyl groups is 10. The Kier molecular flexibility index (Phi) is 21.8. The van der Waals surface area contributed by atoms with E-state index in [9.17, 15) is 51.1 Å². The van der Waals surface area contributed by atoms with E-state index in [0.29, 0.717) is 38.5 Å². The maximum absolute atomic E-state index is 10.9. The second-order valence-corrected chi connectivity index (χ2v) is 25.6. The Labute approximate surface area is 541 Å². The van der Waals surface area contributed by atoms with Gasteiger partial charge in [0.25, 0.3) is 0 Å². The Hall–Kier alpha value is -9.80. The van der Waals surface area contributed by atoms with Crippen molar-refractivity contribution in [3.8, 4) is 57.5 Å². The number of benzene rings is 10. The highest BCUT2D eigenvalue weighted by Crippen LogP contribution is 2.50. The van der Waals surface area contributed by atoms with Crippen LogP contribution in [0.5, 0.6) is 57.5 Å². The van der Waals surface area contributed by atoms with Crippen LogP contribution in [0.1, 0.15) is 193 Å². The first-order valence-corrected chi connectivity index (χ1v) is 32.4. The molecule has 0 radical (unpaired) electrons. The van der Waals surface area contributed by atoms with Crippen molar-refractivity contribution in [1.82, 2.24) is 0 Å². The molecule has 10 atom stereocenters. The molecule has 0 aliphatic heterocycles. The number of rotatable bonds is 29. The summed E-state index contributed by atoms with van der Waals surface area (Å²) in [5.74, 6) is 1.40. The third-order valence-electron chi connectivity index (χ3n) is 19.4. The smallest absolute Gasteiger partial charge is 0.115 e. The van der Waals surface area contributed by atoms with Gasteiger partial charge in [0, 0.05) is 0 Å². The summed E-state index contributed by atoms with van der Waals surface area (Å²) >= 11 is 0. The van der Waals surface area contributed by atoms with Crippen LogP contribution in [0.4, 0.5) is 0 Å². The molecule has 0 bridgehead atoms. The maximum Gasteiger partial charge on any atom is 0.115 e. The van der Waals surface area contributed by atoms with Crippen LogP contribution >= 0.6 is 0 Å². The van der Waals surface area contributed by atoms with Gasteiger partial charge in [-0.1, -0.05) is 135 Å². The van der Waals surface area contributed by atoms with Gasteiger partial charge in [0.05, 0.1) is 0 Å². The molecule has 10 heteroatoms. The minimum absolute atomic E-state index is 0.0105. The van der Waals surface area contributed by atoms with Gasteiger partial charge in [-0.15, -0.1) is 0 Å². The van der Waals surface area contributed by atoms with Crippen molar-refractivity contribution in [2.24, 2.45) is 0 Å². The fourth-order valence-electron chi connectivity index (χ4n) is 14.3. The first kappa shape index (κ1) is 65.2. The Balaban J connectivity index is 1.05. The molecule has 0 saturated heterocycles. The largest absolute Gasteiger partial charge is 0.508 e. The van der Waals surface area contributed by atoms with E-state index < -0.39 is 0 Å². The van der Waals surface area contributed by atoms with Crippen molar-refractivity contribution >= 4 is 0 Å².